The predicted molar refractivity (Wildman–Crippen MR) is 105 cm³/mol. The van der Waals surface area contributed by atoms with Gasteiger partial charge in [0.25, 0.3) is 0 Å². The lowest BCUT2D eigenvalue weighted by atomic mass is 10.0. The molecule has 0 radical (unpaired) electrons. The number of fused-ring (bicyclic) bond motifs is 1. The molecule has 134 valence electrons. The summed E-state index contributed by atoms with van der Waals surface area (Å²) in [4.78, 5) is 12.3. The molecule has 0 fully saturated rings. The minimum absolute atomic E-state index is 0.0752. The Bertz CT molecular complexity index is 892. The first-order valence-electron chi connectivity index (χ1n) is 8.76. The molecule has 3 aromatic rings. The smallest absolute Gasteiger partial charge is 0.315 e. The summed E-state index contributed by atoms with van der Waals surface area (Å²) in [7, 11) is 1.67. The molecule has 0 saturated heterocycles. The Morgan fingerprint density at radius 1 is 0.962 bits per heavy atom. The van der Waals surface area contributed by atoms with E-state index in [1.165, 1.54) is 10.8 Å². The van der Waals surface area contributed by atoms with Crippen LogP contribution in [0.4, 0.5) is 4.79 Å². The number of urea groups is 1. The Hall–Kier alpha value is -2.85. The molecule has 0 spiro atoms. The third-order valence-electron chi connectivity index (χ3n) is 4.48. The summed E-state index contributed by atoms with van der Waals surface area (Å²) in [5, 5.41) is 8.30. The zero-order chi connectivity index (χ0) is 18.4. The number of amides is 2. The minimum atomic E-state index is -0.183. The van der Waals surface area contributed by atoms with E-state index in [2.05, 4.69) is 41.0 Å². The van der Waals surface area contributed by atoms with Gasteiger partial charge in [0, 0.05) is 13.7 Å². The fourth-order valence-electron chi connectivity index (χ4n) is 3.01. The quantitative estimate of drug-likeness (QED) is 0.687. The van der Waals surface area contributed by atoms with Gasteiger partial charge in [-0.2, -0.15) is 0 Å². The van der Waals surface area contributed by atoms with Crippen LogP contribution in [0.3, 0.4) is 0 Å². The molecule has 0 aliphatic heterocycles. The summed E-state index contributed by atoms with van der Waals surface area (Å²) < 4.78 is 5.20. The van der Waals surface area contributed by atoms with E-state index in [9.17, 15) is 4.79 Å². The number of benzene rings is 3. The summed E-state index contributed by atoms with van der Waals surface area (Å²) in [5.41, 5.74) is 3.22. The number of ether oxygens (including phenoxy) is 1. The van der Waals surface area contributed by atoms with Crippen LogP contribution in [0.25, 0.3) is 10.8 Å². The second-order valence-corrected chi connectivity index (χ2v) is 6.36. The van der Waals surface area contributed by atoms with Crippen molar-refractivity contribution >= 4 is 16.8 Å². The second-order valence-electron chi connectivity index (χ2n) is 6.36. The first-order chi connectivity index (χ1) is 12.7. The minimum Gasteiger partial charge on any atom is -0.380 e. The van der Waals surface area contributed by atoms with Crippen LogP contribution < -0.4 is 10.6 Å². The molecular weight excluding hydrogens is 324 g/mol. The average molecular weight is 348 g/mol. The Morgan fingerprint density at radius 2 is 1.65 bits per heavy atom. The molecule has 4 heteroatoms. The largest absolute Gasteiger partial charge is 0.380 e. The SMILES string of the molecule is COCc1ccccc1CNC(=O)N[C@H](C)c1ccc2ccccc2c1. The van der Waals surface area contributed by atoms with Gasteiger partial charge in [-0.05, 0) is 40.5 Å². The number of hydrogen-bond donors (Lipinski definition) is 2. The molecule has 1 atom stereocenters. The van der Waals surface area contributed by atoms with Crippen LogP contribution in [0.2, 0.25) is 0 Å². The van der Waals surface area contributed by atoms with E-state index in [0.29, 0.717) is 13.2 Å². The van der Waals surface area contributed by atoms with Crippen molar-refractivity contribution in [3.05, 3.63) is 83.4 Å². The van der Waals surface area contributed by atoms with Crippen molar-refractivity contribution in [2.75, 3.05) is 7.11 Å². The van der Waals surface area contributed by atoms with Gasteiger partial charge in [-0.1, -0.05) is 60.7 Å². The summed E-state index contributed by atoms with van der Waals surface area (Å²) >= 11 is 0. The molecule has 0 aromatic heterocycles. The zero-order valence-corrected chi connectivity index (χ0v) is 15.2. The number of rotatable bonds is 6. The van der Waals surface area contributed by atoms with E-state index in [4.69, 9.17) is 4.74 Å². The molecule has 0 unspecified atom stereocenters. The van der Waals surface area contributed by atoms with Gasteiger partial charge in [0.15, 0.2) is 0 Å². The van der Waals surface area contributed by atoms with Crippen LogP contribution in [-0.2, 0) is 17.9 Å². The molecular formula is C22H24N2O2. The molecule has 0 heterocycles. The van der Waals surface area contributed by atoms with Gasteiger partial charge in [-0.15, -0.1) is 0 Å². The van der Waals surface area contributed by atoms with Crippen LogP contribution in [0.5, 0.6) is 0 Å². The molecule has 3 aromatic carbocycles. The predicted octanol–water partition coefficient (Wildman–Crippen LogP) is 4.55. The third-order valence-corrected chi connectivity index (χ3v) is 4.48. The van der Waals surface area contributed by atoms with Crippen LogP contribution in [0, 0.1) is 0 Å². The Kier molecular flexibility index (Phi) is 5.87. The van der Waals surface area contributed by atoms with Gasteiger partial charge in [0.2, 0.25) is 0 Å². The first-order valence-corrected chi connectivity index (χ1v) is 8.76. The van der Waals surface area contributed by atoms with E-state index >= 15 is 0 Å². The number of hydrogen-bond acceptors (Lipinski definition) is 2. The van der Waals surface area contributed by atoms with E-state index in [0.717, 1.165) is 16.7 Å². The van der Waals surface area contributed by atoms with Crippen LogP contribution in [-0.4, -0.2) is 13.1 Å². The Morgan fingerprint density at radius 3 is 2.42 bits per heavy atom. The molecule has 0 saturated carbocycles. The van der Waals surface area contributed by atoms with Crippen molar-refractivity contribution in [1.29, 1.82) is 0 Å². The van der Waals surface area contributed by atoms with Gasteiger partial charge in [0.05, 0.1) is 12.6 Å². The maximum atomic E-state index is 12.3. The topological polar surface area (TPSA) is 50.4 Å². The van der Waals surface area contributed by atoms with E-state index < -0.39 is 0 Å². The van der Waals surface area contributed by atoms with Crippen LogP contribution in [0.15, 0.2) is 66.7 Å². The number of carbonyl (C=O) groups excluding carboxylic acids is 1. The molecule has 2 amide bonds. The van der Waals surface area contributed by atoms with Gasteiger partial charge >= 0.3 is 6.03 Å². The highest BCUT2D eigenvalue weighted by Crippen LogP contribution is 2.20. The first kappa shape index (κ1) is 18.0. The average Bonchev–Trinajstić information content (AvgIpc) is 2.67. The van der Waals surface area contributed by atoms with Crippen molar-refractivity contribution in [2.45, 2.75) is 26.1 Å². The molecule has 0 bridgehead atoms. The molecule has 2 N–H and O–H groups in total. The van der Waals surface area contributed by atoms with E-state index in [-0.39, 0.29) is 12.1 Å². The summed E-state index contributed by atoms with van der Waals surface area (Å²) in [6, 6.07) is 22.2. The molecule has 3 rings (SSSR count). The lowest BCUT2D eigenvalue weighted by molar-refractivity contribution is 0.184. The lowest BCUT2D eigenvalue weighted by Crippen LogP contribution is -2.36. The molecule has 0 aliphatic carbocycles. The standard InChI is InChI=1S/C22H24N2O2/c1-16(18-12-11-17-7-3-4-8-19(17)13-18)24-22(25)23-14-20-9-5-6-10-21(20)15-26-2/h3-13,16H,14-15H2,1-2H3,(H2,23,24,25)/t16-/m1/s1. The lowest BCUT2D eigenvalue weighted by Gasteiger charge is -2.16. The summed E-state index contributed by atoms with van der Waals surface area (Å²) in [6.07, 6.45) is 0. The van der Waals surface area contributed by atoms with Crippen molar-refractivity contribution < 1.29 is 9.53 Å². The van der Waals surface area contributed by atoms with Gasteiger partial charge < -0.3 is 15.4 Å². The van der Waals surface area contributed by atoms with Crippen molar-refractivity contribution in [3.63, 3.8) is 0 Å². The monoisotopic (exact) mass is 348 g/mol. The van der Waals surface area contributed by atoms with Crippen molar-refractivity contribution in [2.24, 2.45) is 0 Å². The third kappa shape index (κ3) is 4.41. The van der Waals surface area contributed by atoms with Gasteiger partial charge in [-0.25, -0.2) is 4.79 Å². The molecule has 0 aliphatic rings. The maximum Gasteiger partial charge on any atom is 0.315 e. The van der Waals surface area contributed by atoms with Crippen LogP contribution in [0.1, 0.15) is 29.7 Å². The van der Waals surface area contributed by atoms with Crippen LogP contribution >= 0.6 is 0 Å². The number of methoxy groups -OCH3 is 1. The second kappa shape index (κ2) is 8.50. The van der Waals surface area contributed by atoms with E-state index in [1.54, 1.807) is 7.11 Å². The van der Waals surface area contributed by atoms with Crippen molar-refractivity contribution in [1.82, 2.24) is 10.6 Å². The maximum absolute atomic E-state index is 12.3. The number of nitrogens with one attached hydrogen (secondary N) is 2. The molecule has 26 heavy (non-hydrogen) atoms. The fourth-order valence-corrected chi connectivity index (χ4v) is 3.01. The molecule has 4 nitrogen and oxygen atoms in total. The highest BCUT2D eigenvalue weighted by atomic mass is 16.5. The van der Waals surface area contributed by atoms with Gasteiger partial charge in [-0.3, -0.25) is 0 Å². The van der Waals surface area contributed by atoms with Gasteiger partial charge in [0.1, 0.15) is 0 Å². The normalized spacial score (nSPS) is 11.9. The highest BCUT2D eigenvalue weighted by Gasteiger charge is 2.10. The Labute approximate surface area is 154 Å². The summed E-state index contributed by atoms with van der Waals surface area (Å²) in [6.45, 7) is 2.99. The van der Waals surface area contributed by atoms with Crippen molar-refractivity contribution in [3.8, 4) is 0 Å². The fraction of sp³-hybridized carbons (Fsp3) is 0.227. The zero-order valence-electron chi connectivity index (χ0n) is 15.2. The Balaban J connectivity index is 1.60. The summed E-state index contributed by atoms with van der Waals surface area (Å²) in [5.74, 6) is 0. The van der Waals surface area contributed by atoms with E-state index in [1.807, 2.05) is 43.3 Å². The highest BCUT2D eigenvalue weighted by molar-refractivity contribution is 5.83. The number of carbonyl (C=O) groups is 1.